The van der Waals surface area contributed by atoms with E-state index in [1.165, 1.54) is 9.80 Å². The van der Waals surface area contributed by atoms with E-state index in [9.17, 15) is 19.2 Å². The number of rotatable bonds is 6. The minimum atomic E-state index is -1.14. The first-order valence-corrected chi connectivity index (χ1v) is 8.97. The van der Waals surface area contributed by atoms with Crippen molar-refractivity contribution < 1.29 is 24.3 Å². The van der Waals surface area contributed by atoms with E-state index in [1.807, 2.05) is 0 Å². The predicted molar refractivity (Wildman–Crippen MR) is 91.9 cm³/mol. The van der Waals surface area contributed by atoms with E-state index in [4.69, 9.17) is 10.8 Å². The van der Waals surface area contributed by atoms with Gasteiger partial charge in [0, 0.05) is 18.8 Å². The summed E-state index contributed by atoms with van der Waals surface area (Å²) in [6.45, 7) is 0.393. The molecule has 0 aromatic heterocycles. The smallest absolute Gasteiger partial charge is 0.322 e. The maximum absolute atomic E-state index is 12.9. The molecule has 0 aromatic carbocycles. The molecule has 0 aliphatic carbocycles. The van der Waals surface area contributed by atoms with Crippen molar-refractivity contribution in [2.75, 3.05) is 25.4 Å². The second kappa shape index (κ2) is 8.52. The third kappa shape index (κ3) is 4.43. The molecule has 3 unspecified atom stereocenters. The molecule has 2 heterocycles. The van der Waals surface area contributed by atoms with Gasteiger partial charge < -0.3 is 26.0 Å². The quantitative estimate of drug-likeness (QED) is 0.416. The number of aliphatic carboxylic acids is 1. The van der Waals surface area contributed by atoms with Gasteiger partial charge in [0.05, 0.1) is 6.04 Å². The Hall–Kier alpha value is -1.81. The van der Waals surface area contributed by atoms with Gasteiger partial charge in [-0.05, 0) is 25.7 Å². The lowest BCUT2D eigenvalue weighted by atomic mass is 10.1. The highest BCUT2D eigenvalue weighted by Crippen LogP contribution is 2.25. The fourth-order valence-corrected chi connectivity index (χ4v) is 3.51. The minimum Gasteiger partial charge on any atom is -0.480 e. The fraction of sp³-hybridized carbons (Fsp3) is 0.733. The highest BCUT2D eigenvalue weighted by atomic mass is 32.1. The first-order valence-electron chi connectivity index (χ1n) is 8.33. The molecule has 140 valence electrons. The highest BCUT2D eigenvalue weighted by Gasteiger charge is 2.42. The zero-order chi connectivity index (χ0) is 18.6. The number of thiol groups is 1. The summed E-state index contributed by atoms with van der Waals surface area (Å²) in [6, 6.07) is -2.07. The van der Waals surface area contributed by atoms with Gasteiger partial charge in [0.1, 0.15) is 18.6 Å². The third-order valence-corrected chi connectivity index (χ3v) is 4.98. The van der Waals surface area contributed by atoms with Crippen LogP contribution >= 0.6 is 12.6 Å². The van der Waals surface area contributed by atoms with Crippen molar-refractivity contribution >= 4 is 36.3 Å². The molecule has 2 saturated heterocycles. The Labute approximate surface area is 151 Å². The molecule has 2 aliphatic rings. The molecule has 0 radical (unpaired) electrons. The summed E-state index contributed by atoms with van der Waals surface area (Å²) in [7, 11) is 0. The lowest BCUT2D eigenvalue weighted by molar-refractivity contribution is -0.147. The van der Waals surface area contributed by atoms with Crippen LogP contribution in [0.15, 0.2) is 0 Å². The largest absolute Gasteiger partial charge is 0.480 e. The summed E-state index contributed by atoms with van der Waals surface area (Å²) in [5, 5.41) is 11.0. The van der Waals surface area contributed by atoms with Crippen LogP contribution in [0.25, 0.3) is 0 Å². The van der Waals surface area contributed by atoms with Gasteiger partial charge in [-0.25, -0.2) is 0 Å². The Bertz CT molecular complexity index is 558. The van der Waals surface area contributed by atoms with Crippen molar-refractivity contribution in [3.63, 3.8) is 0 Å². The molecule has 0 saturated carbocycles. The van der Waals surface area contributed by atoms with Gasteiger partial charge in [-0.2, -0.15) is 12.6 Å². The number of nitrogens with two attached hydrogens (primary N) is 1. The van der Waals surface area contributed by atoms with Gasteiger partial charge in [-0.3, -0.25) is 19.2 Å². The minimum absolute atomic E-state index is 0.195. The Morgan fingerprint density at radius 2 is 1.72 bits per heavy atom. The third-order valence-electron chi connectivity index (χ3n) is 4.59. The van der Waals surface area contributed by atoms with Gasteiger partial charge in [0.25, 0.3) is 0 Å². The first-order chi connectivity index (χ1) is 11.9. The van der Waals surface area contributed by atoms with Crippen molar-refractivity contribution in [3.05, 3.63) is 0 Å². The summed E-state index contributed by atoms with van der Waals surface area (Å²) in [4.78, 5) is 50.9. The summed E-state index contributed by atoms with van der Waals surface area (Å²) >= 11 is 4.03. The summed E-state index contributed by atoms with van der Waals surface area (Å²) < 4.78 is 0. The topological polar surface area (TPSA) is 133 Å². The Balaban J connectivity index is 2.06. The Morgan fingerprint density at radius 1 is 1.12 bits per heavy atom. The Morgan fingerprint density at radius 3 is 2.32 bits per heavy atom. The normalized spacial score (nSPS) is 24.2. The average Bonchev–Trinajstić information content (AvgIpc) is 3.26. The van der Waals surface area contributed by atoms with Gasteiger partial charge in [0.15, 0.2) is 0 Å². The summed E-state index contributed by atoms with van der Waals surface area (Å²) in [5.41, 5.74) is 5.74. The molecule has 4 N–H and O–H groups in total. The van der Waals surface area contributed by atoms with E-state index < -0.39 is 36.5 Å². The molecule has 2 aliphatic heterocycles. The standard InChI is InChI=1S/C15H24N4O5S/c16-9(8-25)14(23)19-6-2-4-11(19)15(24)18-5-1-3-10(18)13(22)17-7-12(20)21/h9-11,25H,1-8,16H2,(H,17,22)(H,20,21). The number of amides is 3. The average molecular weight is 372 g/mol. The number of carbonyl (C=O) groups excluding carboxylic acids is 3. The fourth-order valence-electron chi connectivity index (χ4n) is 3.35. The van der Waals surface area contributed by atoms with E-state index in [2.05, 4.69) is 17.9 Å². The molecule has 0 bridgehead atoms. The number of hydrogen-bond donors (Lipinski definition) is 4. The number of likely N-dealkylation sites (tertiary alicyclic amines) is 2. The number of carbonyl (C=O) groups is 4. The van der Waals surface area contributed by atoms with Crippen LogP contribution in [0, 0.1) is 0 Å². The summed E-state index contributed by atoms with van der Waals surface area (Å²) in [6.07, 6.45) is 2.37. The molecule has 0 spiro atoms. The molecule has 2 fully saturated rings. The van der Waals surface area contributed by atoms with Gasteiger partial charge >= 0.3 is 5.97 Å². The van der Waals surface area contributed by atoms with Crippen molar-refractivity contribution in [2.24, 2.45) is 5.73 Å². The molecule has 0 aromatic rings. The van der Waals surface area contributed by atoms with Crippen LogP contribution in [-0.4, -0.2) is 82.1 Å². The second-order valence-corrected chi connectivity index (χ2v) is 6.65. The first kappa shape index (κ1) is 19.5. The summed E-state index contributed by atoms with van der Waals surface area (Å²) in [5.74, 6) is -2.00. The lowest BCUT2D eigenvalue weighted by Gasteiger charge is -2.31. The monoisotopic (exact) mass is 372 g/mol. The zero-order valence-electron chi connectivity index (χ0n) is 13.9. The molecule has 10 heteroatoms. The second-order valence-electron chi connectivity index (χ2n) is 6.28. The number of hydrogen-bond acceptors (Lipinski definition) is 6. The molecular weight excluding hydrogens is 348 g/mol. The lowest BCUT2D eigenvalue weighted by Crippen LogP contribution is -2.55. The van der Waals surface area contributed by atoms with Crippen LogP contribution in [0.2, 0.25) is 0 Å². The van der Waals surface area contributed by atoms with Gasteiger partial charge in [-0.15, -0.1) is 0 Å². The molecule has 2 rings (SSSR count). The molecule has 9 nitrogen and oxygen atoms in total. The molecule has 3 atom stereocenters. The zero-order valence-corrected chi connectivity index (χ0v) is 14.8. The maximum atomic E-state index is 12.9. The van der Waals surface area contributed by atoms with E-state index >= 15 is 0 Å². The highest BCUT2D eigenvalue weighted by molar-refractivity contribution is 7.80. The molecule has 3 amide bonds. The molecular formula is C15H24N4O5S. The Kier molecular flexibility index (Phi) is 6.65. The SMILES string of the molecule is NC(CS)C(=O)N1CCCC1C(=O)N1CCCC1C(=O)NCC(=O)O. The van der Waals surface area contributed by atoms with Crippen molar-refractivity contribution in [3.8, 4) is 0 Å². The van der Waals surface area contributed by atoms with Crippen molar-refractivity contribution in [2.45, 2.75) is 43.8 Å². The van der Waals surface area contributed by atoms with Crippen LogP contribution in [0.5, 0.6) is 0 Å². The number of carboxylic acid groups (broad SMARTS) is 1. The molecule has 25 heavy (non-hydrogen) atoms. The van der Waals surface area contributed by atoms with E-state index in [-0.39, 0.29) is 17.6 Å². The van der Waals surface area contributed by atoms with Crippen LogP contribution in [0.3, 0.4) is 0 Å². The predicted octanol–water partition coefficient (Wildman–Crippen LogP) is -1.57. The van der Waals surface area contributed by atoms with E-state index in [0.717, 1.165) is 0 Å². The maximum Gasteiger partial charge on any atom is 0.322 e. The van der Waals surface area contributed by atoms with E-state index in [1.54, 1.807) is 0 Å². The van der Waals surface area contributed by atoms with E-state index in [0.29, 0.717) is 38.8 Å². The van der Waals surface area contributed by atoms with Crippen LogP contribution in [0.1, 0.15) is 25.7 Å². The number of nitrogens with zero attached hydrogens (tertiary/aromatic N) is 2. The van der Waals surface area contributed by atoms with Crippen LogP contribution in [0.4, 0.5) is 0 Å². The van der Waals surface area contributed by atoms with Crippen molar-refractivity contribution in [1.82, 2.24) is 15.1 Å². The number of nitrogens with one attached hydrogen (secondary N) is 1. The van der Waals surface area contributed by atoms with Crippen LogP contribution in [-0.2, 0) is 19.2 Å². The van der Waals surface area contributed by atoms with Crippen LogP contribution < -0.4 is 11.1 Å². The number of carboxylic acids is 1. The van der Waals surface area contributed by atoms with Gasteiger partial charge in [0.2, 0.25) is 17.7 Å². The van der Waals surface area contributed by atoms with Crippen molar-refractivity contribution in [1.29, 1.82) is 0 Å². The van der Waals surface area contributed by atoms with Gasteiger partial charge in [-0.1, -0.05) is 0 Å².